The predicted octanol–water partition coefficient (Wildman–Crippen LogP) is 5.02. The Balaban J connectivity index is 2.67. The zero-order valence-corrected chi connectivity index (χ0v) is 14.8. The fourth-order valence-electron chi connectivity index (χ4n) is 2.81. The molecule has 22 heavy (non-hydrogen) atoms. The van der Waals surface area contributed by atoms with Crippen LogP contribution >= 0.6 is 0 Å². The van der Waals surface area contributed by atoms with Gasteiger partial charge < -0.3 is 10.2 Å². The molecule has 0 aliphatic rings. The largest absolute Gasteiger partial charge is 0.381 e. The zero-order valence-electron chi connectivity index (χ0n) is 14.8. The van der Waals surface area contributed by atoms with Crippen molar-refractivity contribution < 1.29 is 0 Å². The van der Waals surface area contributed by atoms with Crippen LogP contribution < -0.4 is 10.2 Å². The van der Waals surface area contributed by atoms with Gasteiger partial charge in [-0.1, -0.05) is 26.0 Å². The van der Waals surface area contributed by atoms with Crippen LogP contribution in [0.25, 0.3) is 10.8 Å². The van der Waals surface area contributed by atoms with Crippen molar-refractivity contribution in [2.75, 3.05) is 23.3 Å². The number of aromatic nitrogens is 1. The third-order valence-corrected chi connectivity index (χ3v) is 4.06. The first-order valence-corrected chi connectivity index (χ1v) is 8.42. The summed E-state index contributed by atoms with van der Waals surface area (Å²) in [5, 5.41) is 6.03. The van der Waals surface area contributed by atoms with Crippen molar-refractivity contribution in [3.05, 3.63) is 30.0 Å². The fraction of sp³-hybridized carbons (Fsp3) is 0.526. The Morgan fingerprint density at radius 2 is 1.73 bits per heavy atom. The van der Waals surface area contributed by atoms with E-state index >= 15 is 0 Å². The molecule has 0 radical (unpaired) electrons. The molecule has 1 heterocycles. The minimum absolute atomic E-state index is 0.397. The van der Waals surface area contributed by atoms with Crippen molar-refractivity contribution in [3.63, 3.8) is 0 Å². The SMILES string of the molecule is CCN(CC)c1ncc(NC(C)C)c2ccc(C(C)C)cc12. The van der Waals surface area contributed by atoms with E-state index in [0.717, 1.165) is 24.6 Å². The van der Waals surface area contributed by atoms with Crippen LogP contribution in [0.15, 0.2) is 24.4 Å². The van der Waals surface area contributed by atoms with Crippen LogP contribution in [0.1, 0.15) is 53.0 Å². The minimum Gasteiger partial charge on any atom is -0.381 e. The topological polar surface area (TPSA) is 28.2 Å². The number of anilines is 2. The maximum Gasteiger partial charge on any atom is 0.136 e. The van der Waals surface area contributed by atoms with E-state index < -0.39 is 0 Å². The normalized spacial score (nSPS) is 11.5. The molecule has 0 bridgehead atoms. The lowest BCUT2D eigenvalue weighted by Crippen LogP contribution is -2.23. The molecule has 2 aromatic rings. The summed E-state index contributed by atoms with van der Waals surface area (Å²) in [5.74, 6) is 1.62. The van der Waals surface area contributed by atoms with E-state index in [2.05, 4.69) is 70.0 Å². The molecule has 1 N–H and O–H groups in total. The van der Waals surface area contributed by atoms with E-state index in [-0.39, 0.29) is 0 Å². The molecular weight excluding hydrogens is 270 g/mol. The Bertz CT molecular complexity index is 628. The average Bonchev–Trinajstić information content (AvgIpc) is 2.49. The summed E-state index contributed by atoms with van der Waals surface area (Å²) in [6.07, 6.45) is 1.98. The molecule has 2 rings (SSSR count). The highest BCUT2D eigenvalue weighted by Crippen LogP contribution is 2.33. The van der Waals surface area contributed by atoms with Gasteiger partial charge in [-0.2, -0.15) is 0 Å². The van der Waals surface area contributed by atoms with Gasteiger partial charge in [0.15, 0.2) is 0 Å². The minimum atomic E-state index is 0.397. The number of nitrogens with one attached hydrogen (secondary N) is 1. The summed E-state index contributed by atoms with van der Waals surface area (Å²) >= 11 is 0. The number of fused-ring (bicyclic) bond motifs is 1. The summed E-state index contributed by atoms with van der Waals surface area (Å²) in [5.41, 5.74) is 2.49. The summed E-state index contributed by atoms with van der Waals surface area (Å²) in [7, 11) is 0. The number of hydrogen-bond donors (Lipinski definition) is 1. The summed E-state index contributed by atoms with van der Waals surface area (Å²) in [6.45, 7) is 15.1. The lowest BCUT2D eigenvalue weighted by Gasteiger charge is -2.24. The van der Waals surface area contributed by atoms with Gasteiger partial charge in [0.2, 0.25) is 0 Å². The van der Waals surface area contributed by atoms with Gasteiger partial charge in [0.1, 0.15) is 5.82 Å². The van der Waals surface area contributed by atoms with E-state index in [1.807, 2.05) is 6.20 Å². The molecule has 0 saturated carbocycles. The second-order valence-electron chi connectivity index (χ2n) is 6.43. The molecule has 0 aliphatic carbocycles. The van der Waals surface area contributed by atoms with E-state index in [4.69, 9.17) is 4.98 Å². The first-order valence-electron chi connectivity index (χ1n) is 8.42. The summed E-state index contributed by atoms with van der Waals surface area (Å²) < 4.78 is 0. The van der Waals surface area contributed by atoms with Crippen LogP contribution in [0.2, 0.25) is 0 Å². The zero-order chi connectivity index (χ0) is 16.3. The Morgan fingerprint density at radius 1 is 1.05 bits per heavy atom. The maximum absolute atomic E-state index is 4.77. The molecule has 1 aromatic carbocycles. The lowest BCUT2D eigenvalue weighted by atomic mass is 9.99. The second kappa shape index (κ2) is 6.99. The van der Waals surface area contributed by atoms with E-state index in [0.29, 0.717) is 12.0 Å². The van der Waals surface area contributed by atoms with Gasteiger partial charge in [-0.15, -0.1) is 0 Å². The standard InChI is InChI=1S/C19H29N3/c1-7-22(8-2)19-17-11-15(13(3)4)9-10-16(17)18(12-20-19)21-14(5)6/h9-14,21H,7-8H2,1-6H3. The van der Waals surface area contributed by atoms with Crippen molar-refractivity contribution in [1.82, 2.24) is 4.98 Å². The third-order valence-electron chi connectivity index (χ3n) is 4.06. The van der Waals surface area contributed by atoms with E-state index in [9.17, 15) is 0 Å². The number of hydrogen-bond acceptors (Lipinski definition) is 3. The number of nitrogens with zero attached hydrogens (tertiary/aromatic N) is 2. The number of benzene rings is 1. The first-order chi connectivity index (χ1) is 10.5. The van der Waals surface area contributed by atoms with Crippen molar-refractivity contribution in [2.45, 2.75) is 53.5 Å². The Labute approximate surface area is 134 Å². The van der Waals surface area contributed by atoms with Gasteiger partial charge in [0.05, 0.1) is 11.9 Å². The molecular formula is C19H29N3. The molecule has 0 saturated heterocycles. The van der Waals surface area contributed by atoms with Crippen LogP contribution in [-0.2, 0) is 0 Å². The molecule has 0 atom stereocenters. The summed E-state index contributed by atoms with van der Waals surface area (Å²) in [6, 6.07) is 7.19. The number of pyridine rings is 1. The van der Waals surface area contributed by atoms with Crippen molar-refractivity contribution in [3.8, 4) is 0 Å². The smallest absolute Gasteiger partial charge is 0.136 e. The molecule has 0 aliphatic heterocycles. The van der Waals surface area contributed by atoms with Crippen molar-refractivity contribution in [1.29, 1.82) is 0 Å². The molecule has 0 amide bonds. The molecule has 0 spiro atoms. The Kier molecular flexibility index (Phi) is 5.28. The molecule has 0 unspecified atom stereocenters. The first kappa shape index (κ1) is 16.6. The van der Waals surface area contributed by atoms with Gasteiger partial charge in [-0.3, -0.25) is 0 Å². The van der Waals surface area contributed by atoms with Crippen LogP contribution in [0.3, 0.4) is 0 Å². The maximum atomic E-state index is 4.77. The quantitative estimate of drug-likeness (QED) is 0.811. The van der Waals surface area contributed by atoms with Crippen LogP contribution in [-0.4, -0.2) is 24.1 Å². The van der Waals surface area contributed by atoms with Crippen LogP contribution in [0.4, 0.5) is 11.5 Å². The van der Waals surface area contributed by atoms with E-state index in [1.54, 1.807) is 0 Å². The highest BCUT2D eigenvalue weighted by Gasteiger charge is 2.13. The van der Waals surface area contributed by atoms with Gasteiger partial charge >= 0.3 is 0 Å². The van der Waals surface area contributed by atoms with Crippen LogP contribution in [0, 0.1) is 0 Å². The lowest BCUT2D eigenvalue weighted by molar-refractivity contribution is 0.848. The van der Waals surface area contributed by atoms with Gasteiger partial charge in [0.25, 0.3) is 0 Å². The van der Waals surface area contributed by atoms with E-state index in [1.165, 1.54) is 16.3 Å². The average molecular weight is 299 g/mol. The van der Waals surface area contributed by atoms with Gasteiger partial charge in [-0.05, 0) is 45.2 Å². The Morgan fingerprint density at radius 3 is 2.27 bits per heavy atom. The monoisotopic (exact) mass is 299 g/mol. The predicted molar refractivity (Wildman–Crippen MR) is 98.2 cm³/mol. The van der Waals surface area contributed by atoms with Crippen molar-refractivity contribution in [2.24, 2.45) is 0 Å². The third kappa shape index (κ3) is 3.34. The molecule has 3 heteroatoms. The highest BCUT2D eigenvalue weighted by atomic mass is 15.2. The highest BCUT2D eigenvalue weighted by molar-refractivity contribution is 6.00. The second-order valence-corrected chi connectivity index (χ2v) is 6.43. The fourth-order valence-corrected chi connectivity index (χ4v) is 2.81. The molecule has 0 fully saturated rings. The van der Waals surface area contributed by atoms with Crippen molar-refractivity contribution >= 4 is 22.3 Å². The van der Waals surface area contributed by atoms with Gasteiger partial charge in [0, 0.05) is 29.9 Å². The molecule has 3 nitrogen and oxygen atoms in total. The molecule has 120 valence electrons. The number of rotatable bonds is 6. The van der Waals surface area contributed by atoms with Crippen LogP contribution in [0.5, 0.6) is 0 Å². The van der Waals surface area contributed by atoms with Gasteiger partial charge in [-0.25, -0.2) is 4.98 Å². The molecule has 1 aromatic heterocycles. The Hall–Kier alpha value is -1.77. The summed E-state index contributed by atoms with van der Waals surface area (Å²) in [4.78, 5) is 7.09.